The van der Waals surface area contributed by atoms with E-state index >= 15 is 0 Å². The molecule has 1 aliphatic carbocycles. The molecular weight excluding hydrogens is 359 g/mol. The van der Waals surface area contributed by atoms with Gasteiger partial charge in [-0.1, -0.05) is 30.3 Å². The van der Waals surface area contributed by atoms with E-state index in [2.05, 4.69) is 65.4 Å². The van der Waals surface area contributed by atoms with E-state index in [-0.39, 0.29) is 0 Å². The van der Waals surface area contributed by atoms with Gasteiger partial charge in [0.05, 0.1) is 9.75 Å². The number of fused-ring (bicyclic) bond motifs is 1. The van der Waals surface area contributed by atoms with E-state index in [4.69, 9.17) is 0 Å². The average molecular weight is 380 g/mol. The largest absolute Gasteiger partial charge is 0.140 e. The summed E-state index contributed by atoms with van der Waals surface area (Å²) in [7, 11) is -0.912. The first kappa shape index (κ1) is 15.8. The monoisotopic (exact) mass is 379 g/mol. The third-order valence-corrected chi connectivity index (χ3v) is 10.4. The number of hydrogen-bond donors (Lipinski definition) is 0. The Morgan fingerprint density at radius 1 is 0.640 bits per heavy atom. The van der Waals surface area contributed by atoms with Gasteiger partial charge in [0.2, 0.25) is 0 Å². The second-order valence-corrected chi connectivity index (χ2v) is 10.8. The van der Waals surface area contributed by atoms with E-state index in [9.17, 15) is 0 Å². The highest BCUT2D eigenvalue weighted by atomic mass is 32.1. The predicted octanol–water partition coefficient (Wildman–Crippen LogP) is 7.06. The fourth-order valence-corrected chi connectivity index (χ4v) is 9.70. The molecule has 0 atom stereocenters. The van der Waals surface area contributed by atoms with E-state index in [1.807, 2.05) is 22.7 Å². The maximum atomic E-state index is 2.36. The molecule has 0 radical (unpaired) electrons. The normalized spacial score (nSPS) is 18.1. The molecule has 0 nitrogen and oxygen atoms in total. The highest BCUT2D eigenvalue weighted by Crippen LogP contribution is 2.70. The van der Waals surface area contributed by atoms with E-state index in [0.717, 1.165) is 0 Å². The highest BCUT2D eigenvalue weighted by Gasteiger charge is 2.44. The molecule has 3 heteroatoms. The minimum atomic E-state index is -0.912. The molecule has 1 aliphatic heterocycles. The smallest absolute Gasteiger partial charge is 0.123 e. The Morgan fingerprint density at radius 2 is 1.20 bits per heavy atom. The summed E-state index contributed by atoms with van der Waals surface area (Å²) in [5, 5.41) is 9.38. The lowest BCUT2D eigenvalue weighted by atomic mass is 9.88. The minimum Gasteiger partial charge on any atom is -0.140 e. The predicted molar refractivity (Wildman–Crippen MR) is 115 cm³/mol. The molecule has 25 heavy (non-hydrogen) atoms. The standard InChI is InChI=1S/C22H19PS2/c1-2-8-16(9-3-1)23-21(19-12-6-14-24-19)17-10-4-5-11-18(17)22(23)20-13-7-15-25-20/h1-3,6-9,12-15H,4-5,10-11H2/p+1. The van der Waals surface area contributed by atoms with Crippen LogP contribution in [0.15, 0.2) is 76.5 Å². The Kier molecular flexibility index (Phi) is 4.21. The summed E-state index contributed by atoms with van der Waals surface area (Å²) in [6, 6.07) is 20.4. The van der Waals surface area contributed by atoms with Crippen LogP contribution < -0.4 is 5.30 Å². The zero-order valence-corrected chi connectivity index (χ0v) is 16.6. The molecule has 5 rings (SSSR count). The second kappa shape index (κ2) is 6.68. The zero-order valence-electron chi connectivity index (χ0n) is 14.0. The van der Waals surface area contributed by atoms with Crippen molar-refractivity contribution in [3.63, 3.8) is 0 Å². The maximum absolute atomic E-state index is 2.36. The van der Waals surface area contributed by atoms with Crippen LogP contribution in [-0.2, 0) is 0 Å². The molecular formula is C22H20PS2+. The molecule has 2 aromatic heterocycles. The van der Waals surface area contributed by atoms with Crippen molar-refractivity contribution >= 4 is 46.5 Å². The molecule has 0 spiro atoms. The molecule has 124 valence electrons. The number of benzene rings is 1. The van der Waals surface area contributed by atoms with Crippen molar-refractivity contribution < 1.29 is 0 Å². The Balaban J connectivity index is 1.77. The van der Waals surface area contributed by atoms with Crippen LogP contribution in [0, 0.1) is 0 Å². The molecule has 1 fully saturated rings. The summed E-state index contributed by atoms with van der Waals surface area (Å²) in [5.74, 6) is 0. The zero-order chi connectivity index (χ0) is 16.6. The first-order valence-corrected chi connectivity index (χ1v) is 12.2. The number of thiophene rings is 2. The lowest BCUT2D eigenvalue weighted by Gasteiger charge is -2.14. The summed E-state index contributed by atoms with van der Waals surface area (Å²) in [6.45, 7) is 0. The van der Waals surface area contributed by atoms with Crippen molar-refractivity contribution in [1.82, 2.24) is 0 Å². The summed E-state index contributed by atoms with van der Waals surface area (Å²) < 4.78 is 0. The molecule has 3 heterocycles. The van der Waals surface area contributed by atoms with E-state index in [0.29, 0.717) is 0 Å². The van der Waals surface area contributed by atoms with Gasteiger partial charge in [0.25, 0.3) is 0 Å². The van der Waals surface area contributed by atoms with Crippen LogP contribution in [0.4, 0.5) is 0 Å². The first-order valence-electron chi connectivity index (χ1n) is 8.91. The Hall–Kier alpha value is -1.47. The summed E-state index contributed by atoms with van der Waals surface area (Å²) in [5.41, 5.74) is 3.38. The molecule has 0 N–H and O–H groups in total. The lowest BCUT2D eigenvalue weighted by Crippen LogP contribution is -2.00. The third kappa shape index (κ3) is 2.68. The van der Waals surface area contributed by atoms with Gasteiger partial charge in [-0.15, -0.1) is 22.7 Å². The van der Waals surface area contributed by atoms with Gasteiger partial charge in [-0.25, -0.2) is 0 Å². The van der Waals surface area contributed by atoms with Crippen molar-refractivity contribution in [2.24, 2.45) is 0 Å². The van der Waals surface area contributed by atoms with Gasteiger partial charge >= 0.3 is 0 Å². The van der Waals surface area contributed by atoms with Crippen LogP contribution in [0.25, 0.3) is 10.6 Å². The first-order chi connectivity index (χ1) is 12.4. The molecule has 0 amide bonds. The van der Waals surface area contributed by atoms with E-state index in [1.54, 1.807) is 21.8 Å². The van der Waals surface area contributed by atoms with Gasteiger partial charge in [0, 0.05) is 11.1 Å². The maximum Gasteiger partial charge on any atom is 0.123 e. The van der Waals surface area contributed by atoms with Crippen molar-refractivity contribution in [2.75, 3.05) is 0 Å². The molecule has 0 unspecified atom stereocenters. The molecule has 1 aromatic carbocycles. The van der Waals surface area contributed by atoms with Gasteiger partial charge in [-0.3, -0.25) is 0 Å². The van der Waals surface area contributed by atoms with Crippen LogP contribution in [0.3, 0.4) is 0 Å². The summed E-state index contributed by atoms with van der Waals surface area (Å²) in [6.07, 6.45) is 5.21. The lowest BCUT2D eigenvalue weighted by molar-refractivity contribution is 0.685. The topological polar surface area (TPSA) is 0 Å². The van der Waals surface area contributed by atoms with Gasteiger partial charge in [0.15, 0.2) is 0 Å². The average Bonchev–Trinajstić information content (AvgIpc) is 3.40. The molecule has 0 bridgehead atoms. The van der Waals surface area contributed by atoms with Crippen LogP contribution in [0.5, 0.6) is 0 Å². The van der Waals surface area contributed by atoms with Crippen molar-refractivity contribution in [3.05, 3.63) is 86.3 Å². The molecule has 3 aromatic rings. The van der Waals surface area contributed by atoms with Crippen LogP contribution in [0.1, 0.15) is 35.4 Å². The number of allylic oxidation sites excluding steroid dienone is 2. The van der Waals surface area contributed by atoms with Crippen LogP contribution in [-0.4, -0.2) is 0 Å². The Morgan fingerprint density at radius 3 is 1.68 bits per heavy atom. The number of rotatable bonds is 3. The quantitative estimate of drug-likeness (QED) is 0.427. The van der Waals surface area contributed by atoms with Crippen molar-refractivity contribution in [1.29, 1.82) is 0 Å². The second-order valence-electron chi connectivity index (χ2n) is 6.61. The Bertz CT molecular complexity index is 871. The van der Waals surface area contributed by atoms with Crippen molar-refractivity contribution in [2.45, 2.75) is 25.7 Å². The minimum absolute atomic E-state index is 0.912. The van der Waals surface area contributed by atoms with Gasteiger partial charge in [-0.05, 0) is 60.7 Å². The third-order valence-electron chi connectivity index (χ3n) is 5.17. The fourth-order valence-electron chi connectivity index (χ4n) is 4.16. The summed E-state index contributed by atoms with van der Waals surface area (Å²) in [4.78, 5) is 3.00. The van der Waals surface area contributed by atoms with Crippen LogP contribution in [0.2, 0.25) is 0 Å². The highest BCUT2D eigenvalue weighted by molar-refractivity contribution is 7.85. The molecule has 2 aliphatic rings. The Labute approximate surface area is 158 Å². The van der Waals surface area contributed by atoms with Gasteiger partial charge in [-0.2, -0.15) is 0 Å². The van der Waals surface area contributed by atoms with Crippen LogP contribution >= 0.6 is 30.6 Å². The van der Waals surface area contributed by atoms with Gasteiger partial charge < -0.3 is 0 Å². The van der Waals surface area contributed by atoms with Gasteiger partial charge in [0.1, 0.15) is 23.9 Å². The summed E-state index contributed by atoms with van der Waals surface area (Å²) >= 11 is 3.84. The van der Waals surface area contributed by atoms with E-state index in [1.165, 1.54) is 40.7 Å². The SMILES string of the molecule is c1ccc([PH+]2C(c3cccs3)=C3CCCCC3=C2c2cccs2)cc1. The fraction of sp³-hybridized carbons (Fsp3) is 0.182. The van der Waals surface area contributed by atoms with Crippen molar-refractivity contribution in [3.8, 4) is 0 Å². The van der Waals surface area contributed by atoms with E-state index < -0.39 is 7.92 Å². The molecule has 1 saturated carbocycles. The molecule has 0 saturated heterocycles. The number of hydrogen-bond acceptors (Lipinski definition) is 2.